The van der Waals surface area contributed by atoms with Gasteiger partial charge in [-0.25, -0.2) is 0 Å². The Hall–Kier alpha value is -3.03. The van der Waals surface area contributed by atoms with Crippen molar-refractivity contribution in [2.24, 2.45) is 0 Å². The lowest BCUT2D eigenvalue weighted by Gasteiger charge is -2.15. The van der Waals surface area contributed by atoms with Crippen LogP contribution < -0.4 is 10.1 Å². The first-order chi connectivity index (χ1) is 13.8. The Kier molecular flexibility index (Phi) is 6.10. The monoisotopic (exact) mass is 436 g/mol. The van der Waals surface area contributed by atoms with E-state index in [1.54, 1.807) is 13.0 Å². The minimum Gasteiger partial charge on any atom is -0.507 e. The van der Waals surface area contributed by atoms with Gasteiger partial charge in [0.2, 0.25) is 5.95 Å². The van der Waals surface area contributed by atoms with Crippen molar-refractivity contribution in [3.05, 3.63) is 64.0 Å². The molecule has 0 atom stereocenters. The van der Waals surface area contributed by atoms with Crippen LogP contribution in [0, 0.1) is 12.9 Å². The lowest BCUT2D eigenvalue weighted by molar-refractivity contribution is -0.134. The molecular formula is C20H15Cl2FN2O4. The molecule has 3 rings (SSSR count). The number of phenols is 1. The van der Waals surface area contributed by atoms with Gasteiger partial charge in [0.05, 0.1) is 0 Å². The zero-order chi connectivity index (χ0) is 21.1. The number of phenolic OH excluding ortho intramolecular Hbond substituents is 1. The molecule has 1 aromatic heterocycles. The van der Waals surface area contributed by atoms with Gasteiger partial charge in [-0.1, -0.05) is 53.5 Å². The molecule has 3 aromatic rings. The normalized spacial score (nSPS) is 10.6. The number of anilines is 1. The maximum atomic E-state index is 14.1. The molecule has 150 valence electrons. The van der Waals surface area contributed by atoms with Gasteiger partial charge in [-0.05, 0) is 30.2 Å². The number of aromatic hydroxyl groups is 1. The first kappa shape index (κ1) is 20.7. The highest BCUT2D eigenvalue weighted by Gasteiger charge is 2.21. The van der Waals surface area contributed by atoms with Crippen LogP contribution in [0.15, 0.2) is 42.5 Å². The van der Waals surface area contributed by atoms with Crippen LogP contribution in [0.2, 0.25) is 10.0 Å². The number of benzene rings is 2. The standard InChI is InChI=1S/C20H15Cl2FN2O4/c1-10-7-12(8-13(17(10)28)11-5-3-2-4-6-11)29-18-15(21)19(23)25-20(16(18)22)24-9-14(26)27/h2-8,28H,9H2,1H3,(H,24,25)(H,26,27). The minimum atomic E-state index is -1.18. The molecule has 0 amide bonds. The van der Waals surface area contributed by atoms with Crippen molar-refractivity contribution in [2.75, 3.05) is 11.9 Å². The van der Waals surface area contributed by atoms with Crippen molar-refractivity contribution in [3.8, 4) is 28.4 Å². The van der Waals surface area contributed by atoms with Crippen LogP contribution in [0.3, 0.4) is 0 Å². The summed E-state index contributed by atoms with van der Waals surface area (Å²) in [5.41, 5.74) is 1.78. The van der Waals surface area contributed by atoms with E-state index in [4.69, 9.17) is 33.0 Å². The van der Waals surface area contributed by atoms with Gasteiger partial charge in [-0.3, -0.25) is 4.79 Å². The first-order valence-corrected chi connectivity index (χ1v) is 9.10. The molecule has 3 N–H and O–H groups in total. The number of nitrogens with zero attached hydrogens (tertiary/aromatic N) is 1. The number of carboxylic acids is 1. The molecule has 2 aromatic carbocycles. The number of carboxylic acid groups (broad SMARTS) is 1. The Balaban J connectivity index is 2.04. The Morgan fingerprint density at radius 2 is 1.90 bits per heavy atom. The lowest BCUT2D eigenvalue weighted by atomic mass is 10.0. The number of nitrogens with one attached hydrogen (secondary N) is 1. The molecule has 0 aliphatic heterocycles. The summed E-state index contributed by atoms with van der Waals surface area (Å²) in [6, 6.07) is 12.2. The number of pyridine rings is 1. The van der Waals surface area contributed by atoms with E-state index in [9.17, 15) is 14.3 Å². The van der Waals surface area contributed by atoms with E-state index in [-0.39, 0.29) is 28.1 Å². The summed E-state index contributed by atoms with van der Waals surface area (Å²) in [6.07, 6.45) is 0. The highest BCUT2D eigenvalue weighted by atomic mass is 35.5. The number of aromatic nitrogens is 1. The van der Waals surface area contributed by atoms with Gasteiger partial charge in [0.15, 0.2) is 11.6 Å². The molecule has 0 radical (unpaired) electrons. The van der Waals surface area contributed by atoms with Crippen molar-refractivity contribution in [1.29, 1.82) is 0 Å². The molecule has 1 heterocycles. The fourth-order valence-electron chi connectivity index (χ4n) is 2.62. The molecule has 6 nitrogen and oxygen atoms in total. The Bertz CT molecular complexity index is 1080. The zero-order valence-electron chi connectivity index (χ0n) is 15.0. The summed E-state index contributed by atoms with van der Waals surface area (Å²) in [4.78, 5) is 14.3. The quantitative estimate of drug-likeness (QED) is 0.442. The summed E-state index contributed by atoms with van der Waals surface area (Å²) in [5.74, 6) is -2.37. The molecule has 29 heavy (non-hydrogen) atoms. The van der Waals surface area contributed by atoms with Crippen LogP contribution >= 0.6 is 23.2 Å². The van der Waals surface area contributed by atoms with Gasteiger partial charge in [0.25, 0.3) is 0 Å². The van der Waals surface area contributed by atoms with E-state index in [0.717, 1.165) is 5.56 Å². The first-order valence-electron chi connectivity index (χ1n) is 8.35. The highest BCUT2D eigenvalue weighted by Crippen LogP contribution is 2.43. The second-order valence-electron chi connectivity index (χ2n) is 6.06. The van der Waals surface area contributed by atoms with Gasteiger partial charge in [-0.2, -0.15) is 9.37 Å². The largest absolute Gasteiger partial charge is 0.507 e. The fourth-order valence-corrected chi connectivity index (χ4v) is 3.09. The molecule has 0 aliphatic carbocycles. The van der Waals surface area contributed by atoms with Gasteiger partial charge < -0.3 is 20.3 Å². The molecule has 0 saturated carbocycles. The zero-order valence-corrected chi connectivity index (χ0v) is 16.6. The Morgan fingerprint density at radius 3 is 2.55 bits per heavy atom. The summed E-state index contributed by atoms with van der Waals surface area (Å²) in [6.45, 7) is 1.16. The SMILES string of the molecule is Cc1cc(Oc2c(Cl)c(F)nc(NCC(=O)O)c2Cl)cc(-c2ccccc2)c1O. The second kappa shape index (κ2) is 8.55. The third-order valence-electron chi connectivity index (χ3n) is 3.98. The number of carbonyl (C=O) groups is 1. The number of rotatable bonds is 6. The fraction of sp³-hybridized carbons (Fsp3) is 0.100. The predicted molar refractivity (Wildman–Crippen MR) is 109 cm³/mol. The van der Waals surface area contributed by atoms with Gasteiger partial charge >= 0.3 is 5.97 Å². The molecule has 0 spiro atoms. The number of aryl methyl sites for hydroxylation is 1. The Labute approximate surface area is 175 Å². The van der Waals surface area contributed by atoms with E-state index in [2.05, 4.69) is 10.3 Å². The van der Waals surface area contributed by atoms with Crippen molar-refractivity contribution in [1.82, 2.24) is 4.98 Å². The molecule has 0 aliphatic rings. The number of hydrogen-bond donors (Lipinski definition) is 3. The van der Waals surface area contributed by atoms with Crippen LogP contribution in [0.4, 0.5) is 10.2 Å². The minimum absolute atomic E-state index is 0.0745. The lowest BCUT2D eigenvalue weighted by Crippen LogP contribution is -2.14. The summed E-state index contributed by atoms with van der Waals surface area (Å²) in [5, 5.41) is 21.0. The summed E-state index contributed by atoms with van der Waals surface area (Å²) < 4.78 is 19.8. The predicted octanol–water partition coefficient (Wildman–Crippen LogP) is 5.50. The van der Waals surface area contributed by atoms with E-state index in [0.29, 0.717) is 11.1 Å². The topological polar surface area (TPSA) is 91.7 Å². The van der Waals surface area contributed by atoms with Crippen molar-refractivity contribution in [2.45, 2.75) is 6.92 Å². The molecule has 0 saturated heterocycles. The molecular weight excluding hydrogens is 422 g/mol. The van der Waals surface area contributed by atoms with E-state index in [1.807, 2.05) is 30.3 Å². The number of hydrogen-bond acceptors (Lipinski definition) is 5. The third kappa shape index (κ3) is 4.52. The van der Waals surface area contributed by atoms with Gasteiger partial charge in [0, 0.05) is 5.56 Å². The smallest absolute Gasteiger partial charge is 0.322 e. The highest BCUT2D eigenvalue weighted by molar-refractivity contribution is 6.38. The number of aliphatic carboxylic acids is 1. The van der Waals surface area contributed by atoms with E-state index in [1.165, 1.54) is 6.07 Å². The van der Waals surface area contributed by atoms with E-state index < -0.39 is 23.5 Å². The van der Waals surface area contributed by atoms with Crippen LogP contribution in [-0.2, 0) is 4.79 Å². The van der Waals surface area contributed by atoms with Crippen LogP contribution in [0.1, 0.15) is 5.56 Å². The molecule has 0 unspecified atom stereocenters. The van der Waals surface area contributed by atoms with Crippen LogP contribution in [-0.4, -0.2) is 27.7 Å². The third-order valence-corrected chi connectivity index (χ3v) is 4.66. The van der Waals surface area contributed by atoms with Crippen molar-refractivity contribution in [3.63, 3.8) is 0 Å². The summed E-state index contributed by atoms with van der Waals surface area (Å²) in [7, 11) is 0. The second-order valence-corrected chi connectivity index (χ2v) is 6.82. The average molecular weight is 437 g/mol. The summed E-state index contributed by atoms with van der Waals surface area (Å²) >= 11 is 12.2. The van der Waals surface area contributed by atoms with Crippen LogP contribution in [0.5, 0.6) is 17.2 Å². The average Bonchev–Trinajstić information content (AvgIpc) is 2.70. The molecule has 9 heteroatoms. The van der Waals surface area contributed by atoms with Gasteiger partial charge in [0.1, 0.15) is 28.1 Å². The van der Waals surface area contributed by atoms with Crippen molar-refractivity contribution < 1.29 is 24.1 Å². The van der Waals surface area contributed by atoms with E-state index >= 15 is 0 Å². The van der Waals surface area contributed by atoms with Crippen molar-refractivity contribution >= 4 is 35.0 Å². The molecule has 0 fully saturated rings. The number of ether oxygens (including phenoxy) is 1. The Morgan fingerprint density at radius 1 is 1.21 bits per heavy atom. The molecule has 0 bridgehead atoms. The van der Waals surface area contributed by atoms with Crippen LogP contribution in [0.25, 0.3) is 11.1 Å². The van der Waals surface area contributed by atoms with Gasteiger partial charge in [-0.15, -0.1) is 0 Å². The maximum Gasteiger partial charge on any atom is 0.322 e. The number of halogens is 3. The maximum absolute atomic E-state index is 14.1.